The van der Waals surface area contributed by atoms with Crippen LogP contribution in [0.3, 0.4) is 0 Å². The number of hydrogen-bond donors (Lipinski definition) is 2. The van der Waals surface area contributed by atoms with E-state index < -0.39 is 0 Å². The summed E-state index contributed by atoms with van der Waals surface area (Å²) >= 11 is 1.47. The summed E-state index contributed by atoms with van der Waals surface area (Å²) < 4.78 is 0. The molecule has 16 heavy (non-hydrogen) atoms. The Labute approximate surface area is 100 Å². The summed E-state index contributed by atoms with van der Waals surface area (Å²) in [6, 6.07) is 3.60. The largest absolute Gasteiger partial charge is 0.394 e. The van der Waals surface area contributed by atoms with Crippen LogP contribution in [0.15, 0.2) is 12.1 Å². The van der Waals surface area contributed by atoms with Gasteiger partial charge in [0.1, 0.15) is 0 Å². The predicted molar refractivity (Wildman–Crippen MR) is 66.9 cm³/mol. The van der Waals surface area contributed by atoms with Gasteiger partial charge in [0.25, 0.3) is 5.91 Å². The zero-order chi connectivity index (χ0) is 12.1. The van der Waals surface area contributed by atoms with Crippen LogP contribution in [0.4, 0.5) is 0 Å². The van der Waals surface area contributed by atoms with Crippen LogP contribution in [0.25, 0.3) is 0 Å². The van der Waals surface area contributed by atoms with E-state index in [0.717, 1.165) is 11.3 Å². The summed E-state index contributed by atoms with van der Waals surface area (Å²) in [4.78, 5) is 13.6. The molecule has 1 heterocycles. The molecule has 0 aliphatic rings. The van der Waals surface area contributed by atoms with Gasteiger partial charge in [-0.05, 0) is 31.4 Å². The molecule has 2 N–H and O–H groups in total. The monoisotopic (exact) mass is 241 g/mol. The van der Waals surface area contributed by atoms with Crippen LogP contribution in [-0.2, 0) is 0 Å². The summed E-state index contributed by atoms with van der Waals surface area (Å²) in [5, 5.41) is 12.0. The van der Waals surface area contributed by atoms with Gasteiger partial charge in [-0.25, -0.2) is 0 Å². The van der Waals surface area contributed by atoms with Crippen LogP contribution in [0.2, 0.25) is 0 Å². The average molecular weight is 241 g/mol. The molecular weight excluding hydrogens is 222 g/mol. The maximum absolute atomic E-state index is 11.8. The van der Waals surface area contributed by atoms with Gasteiger partial charge in [0.2, 0.25) is 0 Å². The fourth-order valence-electron chi connectivity index (χ4n) is 1.56. The molecule has 3 nitrogen and oxygen atoms in total. The number of aryl methyl sites for hydroxylation is 1. The Hall–Kier alpha value is -0.870. The van der Waals surface area contributed by atoms with Crippen LogP contribution in [0.1, 0.15) is 34.8 Å². The second kappa shape index (κ2) is 6.01. The van der Waals surface area contributed by atoms with Crippen molar-refractivity contribution in [3.63, 3.8) is 0 Å². The van der Waals surface area contributed by atoms with Crippen LogP contribution in [0, 0.1) is 12.8 Å². The maximum Gasteiger partial charge on any atom is 0.261 e. The Morgan fingerprint density at radius 3 is 2.62 bits per heavy atom. The Bertz CT molecular complexity index is 347. The molecular formula is C12H19NO2S. The quantitative estimate of drug-likeness (QED) is 0.830. The van der Waals surface area contributed by atoms with Gasteiger partial charge in [0.05, 0.1) is 17.5 Å². The summed E-state index contributed by atoms with van der Waals surface area (Å²) in [7, 11) is 0. The van der Waals surface area contributed by atoms with E-state index in [1.807, 2.05) is 19.1 Å². The molecule has 1 atom stereocenters. The molecule has 0 aliphatic heterocycles. The Morgan fingerprint density at radius 2 is 2.19 bits per heavy atom. The van der Waals surface area contributed by atoms with Gasteiger partial charge in [-0.15, -0.1) is 11.3 Å². The normalized spacial score (nSPS) is 12.8. The number of aliphatic hydroxyl groups is 1. The molecule has 90 valence electrons. The first-order valence-electron chi connectivity index (χ1n) is 5.51. The van der Waals surface area contributed by atoms with Crippen molar-refractivity contribution in [2.75, 3.05) is 6.61 Å². The molecule has 4 heteroatoms. The number of amides is 1. The van der Waals surface area contributed by atoms with E-state index in [0.29, 0.717) is 10.8 Å². The standard InChI is InChI=1S/C12H19NO2S/c1-8(2)6-10(7-14)13-12(15)11-5-4-9(3)16-11/h4-5,8,10,14H,6-7H2,1-3H3,(H,13,15). The lowest BCUT2D eigenvalue weighted by Crippen LogP contribution is -2.38. The highest BCUT2D eigenvalue weighted by atomic mass is 32.1. The fourth-order valence-corrected chi connectivity index (χ4v) is 2.33. The van der Waals surface area contributed by atoms with Crippen LogP contribution < -0.4 is 5.32 Å². The first-order chi connectivity index (χ1) is 7.52. The summed E-state index contributed by atoms with van der Waals surface area (Å²) in [5.41, 5.74) is 0. The molecule has 1 rings (SSSR count). The van der Waals surface area contributed by atoms with Crippen molar-refractivity contribution in [1.82, 2.24) is 5.32 Å². The zero-order valence-corrected chi connectivity index (χ0v) is 10.8. The summed E-state index contributed by atoms with van der Waals surface area (Å²) in [5.74, 6) is 0.375. The summed E-state index contributed by atoms with van der Waals surface area (Å²) in [6.07, 6.45) is 0.798. The number of rotatable bonds is 5. The van der Waals surface area contributed by atoms with Gasteiger partial charge in [0.15, 0.2) is 0 Å². The first-order valence-corrected chi connectivity index (χ1v) is 6.32. The summed E-state index contributed by atoms with van der Waals surface area (Å²) in [6.45, 7) is 6.11. The maximum atomic E-state index is 11.8. The average Bonchev–Trinajstić information content (AvgIpc) is 2.63. The van der Waals surface area contributed by atoms with E-state index in [1.54, 1.807) is 0 Å². The second-order valence-electron chi connectivity index (χ2n) is 4.39. The molecule has 0 aliphatic carbocycles. The second-order valence-corrected chi connectivity index (χ2v) is 5.68. The smallest absolute Gasteiger partial charge is 0.261 e. The molecule has 1 unspecified atom stereocenters. The topological polar surface area (TPSA) is 49.3 Å². The van der Waals surface area contributed by atoms with Crippen LogP contribution in [-0.4, -0.2) is 23.7 Å². The number of thiophene rings is 1. The molecule has 0 saturated carbocycles. The molecule has 0 radical (unpaired) electrons. The number of hydrogen-bond acceptors (Lipinski definition) is 3. The zero-order valence-electron chi connectivity index (χ0n) is 9.99. The molecule has 1 aromatic heterocycles. The highest BCUT2D eigenvalue weighted by Gasteiger charge is 2.15. The van der Waals surface area contributed by atoms with Crippen molar-refractivity contribution in [1.29, 1.82) is 0 Å². The number of aliphatic hydroxyl groups excluding tert-OH is 1. The van der Waals surface area contributed by atoms with E-state index in [1.165, 1.54) is 11.3 Å². The van der Waals surface area contributed by atoms with Gasteiger partial charge >= 0.3 is 0 Å². The molecule has 0 aromatic carbocycles. The lowest BCUT2D eigenvalue weighted by atomic mass is 10.0. The SMILES string of the molecule is Cc1ccc(C(=O)NC(CO)CC(C)C)s1. The van der Waals surface area contributed by atoms with Gasteiger partial charge in [-0.1, -0.05) is 13.8 Å². The Balaban J connectivity index is 2.55. The number of carbonyl (C=O) groups is 1. The highest BCUT2D eigenvalue weighted by Crippen LogP contribution is 2.15. The van der Waals surface area contributed by atoms with E-state index >= 15 is 0 Å². The minimum atomic E-state index is -0.144. The third-order valence-corrected chi connectivity index (χ3v) is 3.28. The van der Waals surface area contributed by atoms with Gasteiger partial charge < -0.3 is 10.4 Å². The van der Waals surface area contributed by atoms with Crippen molar-refractivity contribution in [3.05, 3.63) is 21.9 Å². The van der Waals surface area contributed by atoms with E-state index in [4.69, 9.17) is 5.11 Å². The predicted octanol–water partition coefficient (Wildman–Crippen LogP) is 2.19. The lowest BCUT2D eigenvalue weighted by Gasteiger charge is -2.17. The minimum absolute atomic E-state index is 0.00568. The number of nitrogens with one attached hydrogen (secondary N) is 1. The molecule has 0 fully saturated rings. The van der Waals surface area contributed by atoms with Crippen molar-refractivity contribution in [2.24, 2.45) is 5.92 Å². The third-order valence-electron chi connectivity index (χ3n) is 2.28. The fraction of sp³-hybridized carbons (Fsp3) is 0.583. The lowest BCUT2D eigenvalue weighted by molar-refractivity contribution is 0.0912. The van der Waals surface area contributed by atoms with E-state index in [9.17, 15) is 4.79 Å². The minimum Gasteiger partial charge on any atom is -0.394 e. The van der Waals surface area contributed by atoms with Crippen molar-refractivity contribution in [2.45, 2.75) is 33.2 Å². The third kappa shape index (κ3) is 3.94. The van der Waals surface area contributed by atoms with Crippen LogP contribution >= 0.6 is 11.3 Å². The molecule has 1 amide bonds. The van der Waals surface area contributed by atoms with Gasteiger partial charge in [-0.3, -0.25) is 4.79 Å². The van der Waals surface area contributed by atoms with Crippen molar-refractivity contribution >= 4 is 17.2 Å². The molecule has 0 bridgehead atoms. The molecule has 0 spiro atoms. The van der Waals surface area contributed by atoms with Crippen molar-refractivity contribution < 1.29 is 9.90 Å². The molecule has 0 saturated heterocycles. The van der Waals surface area contributed by atoms with Crippen LogP contribution in [0.5, 0.6) is 0 Å². The molecule has 1 aromatic rings. The number of carbonyl (C=O) groups excluding carboxylic acids is 1. The van der Waals surface area contributed by atoms with E-state index in [2.05, 4.69) is 19.2 Å². The van der Waals surface area contributed by atoms with Gasteiger partial charge in [0, 0.05) is 4.88 Å². The van der Waals surface area contributed by atoms with E-state index in [-0.39, 0.29) is 18.6 Å². The van der Waals surface area contributed by atoms with Gasteiger partial charge in [-0.2, -0.15) is 0 Å². The highest BCUT2D eigenvalue weighted by molar-refractivity contribution is 7.13. The first kappa shape index (κ1) is 13.2. The Kier molecular flexibility index (Phi) is 4.96. The van der Waals surface area contributed by atoms with Crippen molar-refractivity contribution in [3.8, 4) is 0 Å². The Morgan fingerprint density at radius 1 is 1.50 bits per heavy atom.